The highest BCUT2D eigenvalue weighted by Crippen LogP contribution is 2.31. The van der Waals surface area contributed by atoms with E-state index in [4.69, 9.17) is 31.9 Å². The van der Waals surface area contributed by atoms with Gasteiger partial charge in [-0.3, -0.25) is 0 Å². The molecule has 90 valence electrons. The first-order valence-corrected chi connectivity index (χ1v) is 5.23. The number of rotatable bonds is 5. The first kappa shape index (κ1) is 13.3. The van der Waals surface area contributed by atoms with Crippen molar-refractivity contribution in [2.75, 3.05) is 20.8 Å². The third-order valence-corrected chi connectivity index (χ3v) is 2.50. The van der Waals surface area contributed by atoms with Crippen LogP contribution < -0.4 is 10.5 Å². The minimum absolute atomic E-state index is 0.158. The molecule has 0 saturated carbocycles. The van der Waals surface area contributed by atoms with Crippen LogP contribution in [0.25, 0.3) is 0 Å². The second-order valence-corrected chi connectivity index (χ2v) is 3.84. The van der Waals surface area contributed by atoms with Crippen molar-refractivity contribution in [3.8, 4) is 5.75 Å². The molecule has 0 spiro atoms. The van der Waals surface area contributed by atoms with Gasteiger partial charge in [-0.05, 0) is 17.7 Å². The van der Waals surface area contributed by atoms with Crippen LogP contribution in [0.5, 0.6) is 5.75 Å². The van der Waals surface area contributed by atoms with E-state index in [1.54, 1.807) is 19.2 Å². The van der Waals surface area contributed by atoms with E-state index in [-0.39, 0.29) is 6.61 Å². The standard InChI is InChI=1S/C11H16ClNO3/c1-15-6-7-3-8(12)4-10(16-2)11(7)9(13)5-14/h3-4,9,14H,5-6,13H2,1-2H3. The lowest BCUT2D eigenvalue weighted by molar-refractivity contribution is 0.182. The fraction of sp³-hybridized carbons (Fsp3) is 0.455. The lowest BCUT2D eigenvalue weighted by Crippen LogP contribution is -2.18. The zero-order valence-electron chi connectivity index (χ0n) is 9.37. The molecular formula is C11H16ClNO3. The van der Waals surface area contributed by atoms with Crippen molar-refractivity contribution in [2.45, 2.75) is 12.6 Å². The summed E-state index contributed by atoms with van der Waals surface area (Å²) in [4.78, 5) is 0. The minimum atomic E-state index is -0.502. The van der Waals surface area contributed by atoms with Gasteiger partial charge in [0.1, 0.15) is 5.75 Å². The largest absolute Gasteiger partial charge is 0.496 e. The predicted octanol–water partition coefficient (Wildman–Crippen LogP) is 1.49. The highest BCUT2D eigenvalue weighted by molar-refractivity contribution is 6.30. The van der Waals surface area contributed by atoms with E-state index in [0.717, 1.165) is 11.1 Å². The van der Waals surface area contributed by atoms with Gasteiger partial charge in [-0.25, -0.2) is 0 Å². The maximum absolute atomic E-state index is 9.12. The Kier molecular flexibility index (Phi) is 5.02. The number of ether oxygens (including phenoxy) is 2. The molecule has 4 nitrogen and oxygen atoms in total. The van der Waals surface area contributed by atoms with E-state index >= 15 is 0 Å². The van der Waals surface area contributed by atoms with E-state index in [1.165, 1.54) is 7.11 Å². The summed E-state index contributed by atoms with van der Waals surface area (Å²) >= 11 is 5.95. The molecule has 16 heavy (non-hydrogen) atoms. The minimum Gasteiger partial charge on any atom is -0.496 e. The summed E-state index contributed by atoms with van der Waals surface area (Å²) in [5.41, 5.74) is 7.38. The number of halogens is 1. The number of aliphatic hydroxyl groups is 1. The molecule has 0 amide bonds. The first-order chi connectivity index (χ1) is 7.63. The van der Waals surface area contributed by atoms with Crippen molar-refractivity contribution in [3.05, 3.63) is 28.3 Å². The summed E-state index contributed by atoms with van der Waals surface area (Å²) in [6.07, 6.45) is 0. The molecule has 1 unspecified atom stereocenters. The van der Waals surface area contributed by atoms with Gasteiger partial charge < -0.3 is 20.3 Å². The highest BCUT2D eigenvalue weighted by Gasteiger charge is 2.17. The van der Waals surface area contributed by atoms with Gasteiger partial charge in [-0.15, -0.1) is 0 Å². The van der Waals surface area contributed by atoms with Crippen LogP contribution in [0.4, 0.5) is 0 Å². The third kappa shape index (κ3) is 2.86. The van der Waals surface area contributed by atoms with Crippen LogP contribution in [0.3, 0.4) is 0 Å². The molecule has 1 atom stereocenters. The summed E-state index contributed by atoms with van der Waals surface area (Å²) in [5, 5.41) is 9.67. The molecule has 0 aliphatic rings. The van der Waals surface area contributed by atoms with Gasteiger partial charge in [0.2, 0.25) is 0 Å². The van der Waals surface area contributed by atoms with Gasteiger partial charge >= 0.3 is 0 Å². The van der Waals surface area contributed by atoms with Gasteiger partial charge in [0.25, 0.3) is 0 Å². The van der Waals surface area contributed by atoms with Crippen LogP contribution >= 0.6 is 11.6 Å². The Labute approximate surface area is 99.9 Å². The molecular weight excluding hydrogens is 230 g/mol. The maximum atomic E-state index is 9.12. The molecule has 0 bridgehead atoms. The van der Waals surface area contributed by atoms with Crippen molar-refractivity contribution >= 4 is 11.6 Å². The summed E-state index contributed by atoms with van der Waals surface area (Å²) in [6, 6.07) is 2.93. The van der Waals surface area contributed by atoms with Gasteiger partial charge in [0, 0.05) is 17.7 Å². The summed E-state index contributed by atoms with van der Waals surface area (Å²) in [5.74, 6) is 0.570. The first-order valence-electron chi connectivity index (χ1n) is 4.85. The van der Waals surface area contributed by atoms with Crippen molar-refractivity contribution in [2.24, 2.45) is 5.73 Å². The average molecular weight is 246 g/mol. The smallest absolute Gasteiger partial charge is 0.125 e. The average Bonchev–Trinajstić information content (AvgIpc) is 2.27. The molecule has 1 aromatic rings. The summed E-state index contributed by atoms with van der Waals surface area (Å²) in [6.45, 7) is 0.217. The topological polar surface area (TPSA) is 64.7 Å². The van der Waals surface area contributed by atoms with Crippen molar-refractivity contribution in [1.82, 2.24) is 0 Å². The molecule has 0 radical (unpaired) electrons. The fourth-order valence-electron chi connectivity index (χ4n) is 1.60. The molecule has 1 aromatic carbocycles. The van der Waals surface area contributed by atoms with E-state index in [0.29, 0.717) is 17.4 Å². The Bertz CT molecular complexity index is 357. The Hall–Kier alpha value is -0.810. The molecule has 0 fully saturated rings. The zero-order valence-corrected chi connectivity index (χ0v) is 10.1. The van der Waals surface area contributed by atoms with Crippen molar-refractivity contribution < 1.29 is 14.6 Å². The Balaban J connectivity index is 3.26. The number of hydrogen-bond acceptors (Lipinski definition) is 4. The molecule has 0 aliphatic carbocycles. The van der Waals surface area contributed by atoms with Gasteiger partial charge in [0.15, 0.2) is 0 Å². The molecule has 0 saturated heterocycles. The maximum Gasteiger partial charge on any atom is 0.125 e. The number of aliphatic hydroxyl groups excluding tert-OH is 1. The summed E-state index contributed by atoms with van der Waals surface area (Å²) in [7, 11) is 3.12. The number of benzene rings is 1. The number of methoxy groups -OCH3 is 2. The van der Waals surface area contributed by atoms with Crippen molar-refractivity contribution in [1.29, 1.82) is 0 Å². The second-order valence-electron chi connectivity index (χ2n) is 3.40. The van der Waals surface area contributed by atoms with E-state index in [1.807, 2.05) is 0 Å². The Morgan fingerprint density at radius 3 is 2.62 bits per heavy atom. The van der Waals surface area contributed by atoms with Crippen LogP contribution in [0, 0.1) is 0 Å². The van der Waals surface area contributed by atoms with Crippen LogP contribution in [0.2, 0.25) is 5.02 Å². The molecule has 3 N–H and O–H groups in total. The second kappa shape index (κ2) is 6.06. The quantitative estimate of drug-likeness (QED) is 0.825. The van der Waals surface area contributed by atoms with Gasteiger partial charge in [-0.1, -0.05) is 11.6 Å². The van der Waals surface area contributed by atoms with Crippen molar-refractivity contribution in [3.63, 3.8) is 0 Å². The van der Waals surface area contributed by atoms with Gasteiger partial charge in [0.05, 0.1) is 26.4 Å². The Morgan fingerprint density at radius 1 is 1.44 bits per heavy atom. The van der Waals surface area contributed by atoms with E-state index in [9.17, 15) is 0 Å². The predicted molar refractivity (Wildman–Crippen MR) is 62.7 cm³/mol. The molecule has 0 heterocycles. The number of hydrogen-bond donors (Lipinski definition) is 2. The molecule has 5 heteroatoms. The van der Waals surface area contributed by atoms with Crippen LogP contribution in [-0.4, -0.2) is 25.9 Å². The molecule has 1 rings (SSSR count). The van der Waals surface area contributed by atoms with Gasteiger partial charge in [-0.2, -0.15) is 0 Å². The fourth-order valence-corrected chi connectivity index (χ4v) is 1.83. The molecule has 0 aliphatic heterocycles. The van der Waals surface area contributed by atoms with E-state index < -0.39 is 6.04 Å². The SMILES string of the molecule is COCc1cc(Cl)cc(OC)c1C(N)CO. The number of nitrogens with two attached hydrogens (primary N) is 1. The lowest BCUT2D eigenvalue weighted by atomic mass is 10.0. The zero-order chi connectivity index (χ0) is 12.1. The Morgan fingerprint density at radius 2 is 2.12 bits per heavy atom. The van der Waals surface area contributed by atoms with Crippen LogP contribution in [0.15, 0.2) is 12.1 Å². The normalized spacial score (nSPS) is 12.6. The monoisotopic (exact) mass is 245 g/mol. The third-order valence-electron chi connectivity index (χ3n) is 2.28. The lowest BCUT2D eigenvalue weighted by Gasteiger charge is -2.18. The highest BCUT2D eigenvalue weighted by atomic mass is 35.5. The molecule has 0 aromatic heterocycles. The van der Waals surface area contributed by atoms with Crippen LogP contribution in [-0.2, 0) is 11.3 Å². The van der Waals surface area contributed by atoms with E-state index in [2.05, 4.69) is 0 Å². The van der Waals surface area contributed by atoms with Crippen LogP contribution in [0.1, 0.15) is 17.2 Å². The summed E-state index contributed by atoms with van der Waals surface area (Å²) < 4.78 is 10.3.